The van der Waals surface area contributed by atoms with Gasteiger partial charge in [-0.25, -0.2) is 16.8 Å². The van der Waals surface area contributed by atoms with Gasteiger partial charge in [0.25, 0.3) is 20.0 Å². The number of nitrogens with one attached hydrogen (secondary N) is 2. The van der Waals surface area contributed by atoms with Gasteiger partial charge in [-0.3, -0.25) is 13.8 Å². The first-order valence-corrected chi connectivity index (χ1v) is 15.6. The molecule has 0 bridgehead atoms. The summed E-state index contributed by atoms with van der Waals surface area (Å²) in [4.78, 5) is 13.0. The highest BCUT2D eigenvalue weighted by molar-refractivity contribution is 7.93. The van der Waals surface area contributed by atoms with Crippen molar-refractivity contribution < 1.29 is 21.6 Å². The Morgan fingerprint density at radius 3 is 1.98 bits per heavy atom. The first kappa shape index (κ1) is 29.4. The molecule has 0 spiro atoms. The minimum atomic E-state index is -4.13. The van der Waals surface area contributed by atoms with E-state index in [1.807, 2.05) is 0 Å². The van der Waals surface area contributed by atoms with E-state index in [-0.39, 0.29) is 21.2 Å². The van der Waals surface area contributed by atoms with Gasteiger partial charge in [-0.15, -0.1) is 0 Å². The molecule has 0 saturated heterocycles. The number of nitrogens with zero attached hydrogens (tertiary/aromatic N) is 1. The second kappa shape index (κ2) is 11.9. The summed E-state index contributed by atoms with van der Waals surface area (Å²) in [5, 5.41) is 3.41. The van der Waals surface area contributed by atoms with Gasteiger partial charge in [0, 0.05) is 15.7 Å². The number of carbonyl (C=O) groups is 1. The first-order chi connectivity index (χ1) is 18.9. The number of halogens is 2. The number of hydrogen-bond acceptors (Lipinski definition) is 5. The smallest absolute Gasteiger partial charge is 0.264 e. The lowest BCUT2D eigenvalue weighted by atomic mass is 10.2. The van der Waals surface area contributed by atoms with Crippen molar-refractivity contribution in [2.45, 2.75) is 23.6 Å². The molecule has 208 valence electrons. The molecular formula is C28H25Cl2N3O5S2. The molecule has 4 rings (SSSR count). The molecule has 0 heterocycles. The Morgan fingerprint density at radius 2 is 1.32 bits per heavy atom. The van der Waals surface area contributed by atoms with Crippen molar-refractivity contribution in [1.82, 2.24) is 0 Å². The van der Waals surface area contributed by atoms with E-state index in [0.717, 1.165) is 4.31 Å². The van der Waals surface area contributed by atoms with Crippen LogP contribution in [0.1, 0.15) is 11.1 Å². The number of amides is 1. The molecular weight excluding hydrogens is 593 g/mol. The van der Waals surface area contributed by atoms with E-state index in [0.29, 0.717) is 26.9 Å². The molecule has 0 saturated carbocycles. The van der Waals surface area contributed by atoms with Crippen molar-refractivity contribution >= 4 is 66.2 Å². The maximum absolute atomic E-state index is 13.6. The molecule has 0 aliphatic heterocycles. The maximum Gasteiger partial charge on any atom is 0.264 e. The highest BCUT2D eigenvalue weighted by atomic mass is 35.5. The van der Waals surface area contributed by atoms with Crippen molar-refractivity contribution in [2.75, 3.05) is 20.9 Å². The fraction of sp³-hybridized carbons (Fsp3) is 0.107. The van der Waals surface area contributed by atoms with Crippen molar-refractivity contribution in [3.63, 3.8) is 0 Å². The third-order valence-corrected chi connectivity index (χ3v) is 10.1. The second-order valence-electron chi connectivity index (χ2n) is 8.80. The molecule has 4 aromatic rings. The lowest BCUT2D eigenvalue weighted by Crippen LogP contribution is -2.38. The van der Waals surface area contributed by atoms with Crippen LogP contribution in [0.5, 0.6) is 0 Å². The molecule has 4 aromatic carbocycles. The monoisotopic (exact) mass is 617 g/mol. The fourth-order valence-electron chi connectivity index (χ4n) is 3.86. The van der Waals surface area contributed by atoms with Gasteiger partial charge in [0.2, 0.25) is 5.91 Å². The molecule has 0 aromatic heterocycles. The highest BCUT2D eigenvalue weighted by Gasteiger charge is 2.29. The quantitative estimate of drug-likeness (QED) is 0.231. The molecule has 2 N–H and O–H groups in total. The topological polar surface area (TPSA) is 113 Å². The van der Waals surface area contributed by atoms with Crippen LogP contribution in [0.15, 0.2) is 101 Å². The van der Waals surface area contributed by atoms with E-state index in [1.165, 1.54) is 36.4 Å². The Labute approximate surface area is 243 Å². The van der Waals surface area contributed by atoms with Crippen molar-refractivity contribution in [2.24, 2.45) is 0 Å². The molecule has 40 heavy (non-hydrogen) atoms. The number of rotatable bonds is 9. The second-order valence-corrected chi connectivity index (χ2v) is 13.2. The minimum Gasteiger partial charge on any atom is -0.325 e. The Balaban J connectivity index is 1.56. The van der Waals surface area contributed by atoms with Crippen molar-refractivity contribution in [1.29, 1.82) is 0 Å². The van der Waals surface area contributed by atoms with Gasteiger partial charge >= 0.3 is 0 Å². The lowest BCUT2D eigenvalue weighted by molar-refractivity contribution is -0.114. The summed E-state index contributed by atoms with van der Waals surface area (Å²) in [7, 11) is -8.06. The minimum absolute atomic E-state index is 0.0131. The van der Waals surface area contributed by atoms with Crippen LogP contribution in [0.25, 0.3) is 0 Å². The lowest BCUT2D eigenvalue weighted by Gasteiger charge is -2.26. The summed E-state index contributed by atoms with van der Waals surface area (Å²) in [6.07, 6.45) is 0. The summed E-state index contributed by atoms with van der Waals surface area (Å²) in [6, 6.07) is 23.0. The van der Waals surface area contributed by atoms with Crippen LogP contribution >= 0.6 is 23.2 Å². The van der Waals surface area contributed by atoms with Gasteiger partial charge in [-0.2, -0.15) is 0 Å². The molecule has 0 fully saturated rings. The van der Waals surface area contributed by atoms with Gasteiger partial charge in [-0.05, 0) is 85.6 Å². The Bertz CT molecular complexity index is 1760. The van der Waals surface area contributed by atoms with Crippen LogP contribution in [0.2, 0.25) is 10.0 Å². The molecule has 0 radical (unpaired) electrons. The van der Waals surface area contributed by atoms with Crippen molar-refractivity contribution in [3.8, 4) is 0 Å². The van der Waals surface area contributed by atoms with Crippen LogP contribution in [0.3, 0.4) is 0 Å². The number of sulfonamides is 2. The molecule has 12 heteroatoms. The standard InChI is InChI=1S/C28H25Cl2N3O5S2/c1-19-24(29)10-6-12-26(19)32-39(35,36)22-16-14-21(15-17-22)31-28(34)18-33(27-13-7-11-25(30)20(27)2)40(37,38)23-8-4-3-5-9-23/h3-17,32H,18H2,1-2H3,(H,31,34). The summed E-state index contributed by atoms with van der Waals surface area (Å²) in [5.74, 6) is -0.637. The largest absolute Gasteiger partial charge is 0.325 e. The average molecular weight is 619 g/mol. The molecule has 0 unspecified atom stereocenters. The van der Waals surface area contributed by atoms with E-state index in [2.05, 4.69) is 10.0 Å². The molecule has 1 amide bonds. The summed E-state index contributed by atoms with van der Waals surface area (Å²) in [5.41, 5.74) is 1.97. The van der Waals surface area contributed by atoms with Crippen LogP contribution in [-0.2, 0) is 24.8 Å². The molecule has 0 aliphatic carbocycles. The summed E-state index contributed by atoms with van der Waals surface area (Å²) < 4.78 is 56.4. The maximum atomic E-state index is 13.6. The van der Waals surface area contributed by atoms with E-state index >= 15 is 0 Å². The van der Waals surface area contributed by atoms with E-state index in [9.17, 15) is 21.6 Å². The Hall–Kier alpha value is -3.57. The average Bonchev–Trinajstić information content (AvgIpc) is 2.92. The van der Waals surface area contributed by atoms with Crippen LogP contribution in [-0.4, -0.2) is 29.3 Å². The predicted molar refractivity (Wildman–Crippen MR) is 159 cm³/mol. The summed E-state index contributed by atoms with van der Waals surface area (Å²) in [6.45, 7) is 2.82. The zero-order chi connectivity index (χ0) is 29.1. The van der Waals surface area contributed by atoms with E-state index in [1.54, 1.807) is 68.4 Å². The predicted octanol–water partition coefficient (Wildman–Crippen LogP) is 6.25. The van der Waals surface area contributed by atoms with Gasteiger partial charge in [0.15, 0.2) is 0 Å². The fourth-order valence-corrected chi connectivity index (χ4v) is 6.82. The van der Waals surface area contributed by atoms with Gasteiger partial charge in [0.05, 0.1) is 21.2 Å². The third kappa shape index (κ3) is 6.42. The number of carbonyl (C=O) groups excluding carboxylic acids is 1. The number of benzene rings is 4. The van der Waals surface area contributed by atoms with Crippen molar-refractivity contribution in [3.05, 3.63) is 112 Å². The van der Waals surface area contributed by atoms with E-state index in [4.69, 9.17) is 23.2 Å². The first-order valence-electron chi connectivity index (χ1n) is 11.9. The van der Waals surface area contributed by atoms with Gasteiger partial charge in [-0.1, -0.05) is 53.5 Å². The Kier molecular flexibility index (Phi) is 8.74. The zero-order valence-electron chi connectivity index (χ0n) is 21.4. The van der Waals surface area contributed by atoms with Gasteiger partial charge < -0.3 is 5.32 Å². The third-order valence-electron chi connectivity index (χ3n) is 6.09. The van der Waals surface area contributed by atoms with Crippen LogP contribution in [0.4, 0.5) is 17.1 Å². The molecule has 0 atom stereocenters. The van der Waals surface area contributed by atoms with E-state index < -0.39 is 32.5 Å². The SMILES string of the molecule is Cc1c(Cl)cccc1NS(=O)(=O)c1ccc(NC(=O)CN(c2cccc(Cl)c2C)S(=O)(=O)c2ccccc2)cc1. The normalized spacial score (nSPS) is 11.6. The zero-order valence-corrected chi connectivity index (χ0v) is 24.6. The highest BCUT2D eigenvalue weighted by Crippen LogP contribution is 2.31. The van der Waals surface area contributed by atoms with Crippen LogP contribution < -0.4 is 14.3 Å². The van der Waals surface area contributed by atoms with Gasteiger partial charge in [0.1, 0.15) is 6.54 Å². The number of hydrogen-bond donors (Lipinski definition) is 2. The van der Waals surface area contributed by atoms with Crippen LogP contribution in [0, 0.1) is 13.8 Å². The number of anilines is 3. The Morgan fingerprint density at radius 1 is 0.725 bits per heavy atom. The summed E-state index contributed by atoms with van der Waals surface area (Å²) >= 11 is 12.3. The molecule has 8 nitrogen and oxygen atoms in total. The molecule has 0 aliphatic rings.